The molecule has 1 aliphatic rings. The Hall–Kier alpha value is -3.35. The van der Waals surface area contributed by atoms with E-state index in [1.54, 1.807) is 24.3 Å². The van der Waals surface area contributed by atoms with Gasteiger partial charge in [-0.1, -0.05) is 36.4 Å². The van der Waals surface area contributed by atoms with Crippen LogP contribution in [0.5, 0.6) is 0 Å². The number of H-pyrrole nitrogens is 1. The standard InChI is InChI=1S/C27H26F2N4/c1-32-14-16-33(17-15-32)27(25-18-30-31-26(25)21-8-12-24(29)13-9-21)22-4-2-19(3-5-22)20-6-10-23(28)11-7-20/h2-13,18,27H,14-17H2,1H3,(H,30,31). The summed E-state index contributed by atoms with van der Waals surface area (Å²) >= 11 is 0. The molecule has 1 atom stereocenters. The summed E-state index contributed by atoms with van der Waals surface area (Å²) in [5, 5.41) is 7.50. The van der Waals surface area contributed by atoms with Gasteiger partial charge in [0.2, 0.25) is 0 Å². The van der Waals surface area contributed by atoms with Crippen LogP contribution >= 0.6 is 0 Å². The average Bonchev–Trinajstić information content (AvgIpc) is 3.31. The summed E-state index contributed by atoms with van der Waals surface area (Å²) in [6.45, 7) is 3.87. The fourth-order valence-corrected chi connectivity index (χ4v) is 4.52. The molecule has 1 saturated heterocycles. The molecular formula is C27H26F2N4. The van der Waals surface area contributed by atoms with Crippen LogP contribution in [0, 0.1) is 11.6 Å². The van der Waals surface area contributed by atoms with Crippen LogP contribution in [0.15, 0.2) is 79.0 Å². The Morgan fingerprint density at radius 3 is 1.82 bits per heavy atom. The van der Waals surface area contributed by atoms with E-state index < -0.39 is 0 Å². The Morgan fingerprint density at radius 2 is 1.24 bits per heavy atom. The molecule has 0 amide bonds. The highest BCUT2D eigenvalue weighted by Gasteiger charge is 2.28. The van der Waals surface area contributed by atoms with Crippen LogP contribution in [0.2, 0.25) is 0 Å². The SMILES string of the molecule is CN1CCN(C(c2ccc(-c3ccc(F)cc3)cc2)c2cn[nH]c2-c2ccc(F)cc2)CC1. The van der Waals surface area contributed by atoms with Gasteiger partial charge in [-0.25, -0.2) is 8.78 Å². The highest BCUT2D eigenvalue weighted by Crippen LogP contribution is 2.36. The predicted molar refractivity (Wildman–Crippen MR) is 127 cm³/mol. The van der Waals surface area contributed by atoms with Crippen molar-refractivity contribution in [3.63, 3.8) is 0 Å². The topological polar surface area (TPSA) is 35.2 Å². The van der Waals surface area contributed by atoms with E-state index in [0.29, 0.717) is 0 Å². The van der Waals surface area contributed by atoms with Crippen molar-refractivity contribution < 1.29 is 8.78 Å². The Balaban J connectivity index is 1.53. The number of hydrogen-bond donors (Lipinski definition) is 1. The summed E-state index contributed by atoms with van der Waals surface area (Å²) in [5.41, 5.74) is 6.07. The zero-order valence-corrected chi connectivity index (χ0v) is 18.5. The Morgan fingerprint density at radius 1 is 0.727 bits per heavy atom. The minimum Gasteiger partial charge on any atom is -0.304 e. The van der Waals surface area contributed by atoms with Crippen LogP contribution in [0.3, 0.4) is 0 Å². The number of halogens is 2. The van der Waals surface area contributed by atoms with Gasteiger partial charge >= 0.3 is 0 Å². The third-order valence-electron chi connectivity index (χ3n) is 6.40. The van der Waals surface area contributed by atoms with Crippen LogP contribution in [0.4, 0.5) is 8.78 Å². The number of benzene rings is 3. The molecule has 3 aromatic carbocycles. The van der Waals surface area contributed by atoms with Gasteiger partial charge < -0.3 is 4.90 Å². The van der Waals surface area contributed by atoms with Crippen LogP contribution in [0.25, 0.3) is 22.4 Å². The first-order chi connectivity index (χ1) is 16.1. The number of aromatic amines is 1. The smallest absolute Gasteiger partial charge is 0.123 e. The Bertz CT molecular complexity index is 1190. The maximum absolute atomic E-state index is 13.5. The molecule has 5 rings (SSSR count). The van der Waals surface area contributed by atoms with Gasteiger partial charge in [0.15, 0.2) is 0 Å². The van der Waals surface area contributed by atoms with Crippen molar-refractivity contribution in [1.29, 1.82) is 0 Å². The zero-order valence-electron chi connectivity index (χ0n) is 18.5. The van der Waals surface area contributed by atoms with Gasteiger partial charge in [0.25, 0.3) is 0 Å². The highest BCUT2D eigenvalue weighted by atomic mass is 19.1. The van der Waals surface area contributed by atoms with E-state index in [-0.39, 0.29) is 17.7 Å². The van der Waals surface area contributed by atoms with Crippen LogP contribution in [0.1, 0.15) is 17.2 Å². The molecule has 1 aliphatic heterocycles. The van der Waals surface area contributed by atoms with E-state index in [9.17, 15) is 8.78 Å². The number of likely N-dealkylation sites (N-methyl/N-ethyl adjacent to an activating group) is 1. The van der Waals surface area contributed by atoms with Gasteiger partial charge in [-0.05, 0) is 60.1 Å². The number of rotatable bonds is 5. The summed E-state index contributed by atoms with van der Waals surface area (Å²) < 4.78 is 26.8. The number of nitrogens with one attached hydrogen (secondary N) is 1. The molecule has 168 valence electrons. The van der Waals surface area contributed by atoms with E-state index in [4.69, 9.17) is 0 Å². The maximum atomic E-state index is 13.5. The van der Waals surface area contributed by atoms with Gasteiger partial charge in [-0.15, -0.1) is 0 Å². The van der Waals surface area contributed by atoms with E-state index in [2.05, 4.69) is 51.3 Å². The molecule has 33 heavy (non-hydrogen) atoms. The minimum absolute atomic E-state index is 0.0137. The second kappa shape index (κ2) is 9.25. The summed E-state index contributed by atoms with van der Waals surface area (Å²) in [4.78, 5) is 4.81. The second-order valence-electron chi connectivity index (χ2n) is 8.58. The van der Waals surface area contributed by atoms with Crippen LogP contribution < -0.4 is 0 Å². The van der Waals surface area contributed by atoms with Gasteiger partial charge in [-0.3, -0.25) is 10.00 Å². The van der Waals surface area contributed by atoms with Gasteiger partial charge in [0, 0.05) is 37.3 Å². The third-order valence-corrected chi connectivity index (χ3v) is 6.40. The van der Waals surface area contributed by atoms with Crippen LogP contribution in [-0.4, -0.2) is 53.2 Å². The summed E-state index contributed by atoms with van der Waals surface area (Å²) in [5.74, 6) is -0.495. The summed E-state index contributed by atoms with van der Waals surface area (Å²) in [7, 11) is 2.14. The predicted octanol–water partition coefficient (Wildman–Crippen LogP) is 5.36. The van der Waals surface area contributed by atoms with Crippen molar-refractivity contribution in [3.8, 4) is 22.4 Å². The second-order valence-corrected chi connectivity index (χ2v) is 8.58. The van der Waals surface area contributed by atoms with Gasteiger partial charge in [0.05, 0.1) is 17.9 Å². The van der Waals surface area contributed by atoms with Crippen LogP contribution in [-0.2, 0) is 0 Å². The van der Waals surface area contributed by atoms with Crippen molar-refractivity contribution in [3.05, 3.63) is 102 Å². The quantitative estimate of drug-likeness (QED) is 0.450. The molecule has 1 fully saturated rings. The molecule has 0 saturated carbocycles. The van der Waals surface area contributed by atoms with E-state index in [1.807, 2.05) is 6.20 Å². The lowest BCUT2D eigenvalue weighted by Gasteiger charge is -2.38. The average molecular weight is 445 g/mol. The Kier molecular flexibility index (Phi) is 6.03. The molecule has 4 nitrogen and oxygen atoms in total. The first-order valence-electron chi connectivity index (χ1n) is 11.2. The first-order valence-corrected chi connectivity index (χ1v) is 11.2. The molecule has 6 heteroatoms. The Labute approximate surface area is 192 Å². The molecule has 0 spiro atoms. The normalized spacial score (nSPS) is 16.1. The largest absolute Gasteiger partial charge is 0.304 e. The molecule has 1 N–H and O–H groups in total. The van der Waals surface area contributed by atoms with E-state index >= 15 is 0 Å². The number of aromatic nitrogens is 2. The zero-order chi connectivity index (χ0) is 22.8. The van der Waals surface area contributed by atoms with Crippen molar-refractivity contribution in [2.24, 2.45) is 0 Å². The fourth-order valence-electron chi connectivity index (χ4n) is 4.52. The molecule has 1 unspecified atom stereocenters. The number of piperazine rings is 1. The molecule has 4 aromatic rings. The molecule has 0 radical (unpaired) electrons. The van der Waals surface area contributed by atoms with E-state index in [0.717, 1.165) is 59.7 Å². The van der Waals surface area contributed by atoms with E-state index in [1.165, 1.54) is 24.3 Å². The van der Waals surface area contributed by atoms with Gasteiger partial charge in [0.1, 0.15) is 11.6 Å². The third kappa shape index (κ3) is 4.58. The lowest BCUT2D eigenvalue weighted by Crippen LogP contribution is -2.46. The van der Waals surface area contributed by atoms with Crippen molar-refractivity contribution in [2.75, 3.05) is 33.2 Å². The lowest BCUT2D eigenvalue weighted by atomic mass is 9.93. The van der Waals surface area contributed by atoms with Crippen molar-refractivity contribution in [1.82, 2.24) is 20.0 Å². The lowest BCUT2D eigenvalue weighted by molar-refractivity contribution is 0.127. The van der Waals surface area contributed by atoms with Gasteiger partial charge in [-0.2, -0.15) is 5.10 Å². The molecule has 1 aromatic heterocycles. The molecule has 0 aliphatic carbocycles. The summed E-state index contributed by atoms with van der Waals surface area (Å²) in [6.07, 6.45) is 1.88. The monoisotopic (exact) mass is 444 g/mol. The fraction of sp³-hybridized carbons (Fsp3) is 0.222. The number of nitrogens with zero attached hydrogens (tertiary/aromatic N) is 3. The summed E-state index contributed by atoms with van der Waals surface area (Å²) in [6, 6.07) is 21.5. The molecule has 2 heterocycles. The molecule has 0 bridgehead atoms. The number of hydrogen-bond acceptors (Lipinski definition) is 3. The molecular weight excluding hydrogens is 418 g/mol. The highest BCUT2D eigenvalue weighted by molar-refractivity contribution is 5.66. The minimum atomic E-state index is -0.258. The van der Waals surface area contributed by atoms with Crippen molar-refractivity contribution in [2.45, 2.75) is 6.04 Å². The van der Waals surface area contributed by atoms with Crippen molar-refractivity contribution >= 4 is 0 Å². The first kappa shape index (κ1) is 21.5. The maximum Gasteiger partial charge on any atom is 0.123 e.